The number of aliphatic hydroxyl groups is 1. The van der Waals surface area contributed by atoms with Crippen molar-refractivity contribution < 1.29 is 9.90 Å². The minimum absolute atomic E-state index is 0.314. The molecule has 0 aliphatic heterocycles. The Bertz CT molecular complexity index is 582. The number of carbonyl (C=O) groups excluding carboxylic acids is 1. The van der Waals surface area contributed by atoms with E-state index in [4.69, 9.17) is 23.2 Å². The number of hydrogen-bond donors (Lipinski definition) is 1. The molecule has 2 rings (SSSR count). The number of aliphatic hydroxyl groups excluding tert-OH is 1. The number of carbonyl (C=O) groups is 1. The van der Waals surface area contributed by atoms with Gasteiger partial charge in [-0.15, -0.1) is 0 Å². The van der Waals surface area contributed by atoms with Gasteiger partial charge in [0.25, 0.3) is 0 Å². The van der Waals surface area contributed by atoms with Crippen LogP contribution in [0.2, 0.25) is 10.0 Å². The molecule has 92 valence electrons. The second-order valence-corrected chi connectivity index (χ2v) is 4.64. The monoisotopic (exact) mass is 280 g/mol. The minimum Gasteiger partial charge on any atom is -0.384 e. The van der Waals surface area contributed by atoms with Crippen LogP contribution in [0.25, 0.3) is 0 Å². The summed E-state index contributed by atoms with van der Waals surface area (Å²) in [5, 5.41) is 11.0. The van der Waals surface area contributed by atoms with Crippen LogP contribution in [0.15, 0.2) is 42.5 Å². The van der Waals surface area contributed by atoms with Crippen LogP contribution in [0.5, 0.6) is 0 Å². The van der Waals surface area contributed by atoms with Crippen molar-refractivity contribution in [2.75, 3.05) is 0 Å². The van der Waals surface area contributed by atoms with Crippen LogP contribution in [0.4, 0.5) is 0 Å². The molecule has 0 heterocycles. The number of benzene rings is 2. The highest BCUT2D eigenvalue weighted by atomic mass is 35.5. The van der Waals surface area contributed by atoms with E-state index >= 15 is 0 Å². The van der Waals surface area contributed by atoms with Gasteiger partial charge in [0.05, 0.1) is 5.02 Å². The van der Waals surface area contributed by atoms with Gasteiger partial charge in [0.2, 0.25) is 0 Å². The Morgan fingerprint density at radius 1 is 1.06 bits per heavy atom. The molecule has 4 heteroatoms. The summed E-state index contributed by atoms with van der Waals surface area (Å²) in [7, 11) is 0. The van der Waals surface area contributed by atoms with Crippen LogP contribution in [0.1, 0.15) is 27.6 Å². The highest BCUT2D eigenvalue weighted by Crippen LogP contribution is 2.29. The molecule has 0 radical (unpaired) electrons. The molecular formula is C14H10Cl2O2. The van der Waals surface area contributed by atoms with Gasteiger partial charge in [0, 0.05) is 16.1 Å². The van der Waals surface area contributed by atoms with Gasteiger partial charge in [-0.05, 0) is 23.8 Å². The van der Waals surface area contributed by atoms with Crippen molar-refractivity contribution >= 4 is 29.5 Å². The molecule has 2 aromatic carbocycles. The maximum Gasteiger partial charge on any atom is 0.151 e. The van der Waals surface area contributed by atoms with Crippen molar-refractivity contribution in [1.82, 2.24) is 0 Å². The SMILES string of the molecule is O=Cc1ccc(C(O)c2ccccc2Cl)cc1Cl. The third-order valence-corrected chi connectivity index (χ3v) is 3.34. The fourth-order valence-corrected chi connectivity index (χ4v) is 2.16. The summed E-state index contributed by atoms with van der Waals surface area (Å²) in [4.78, 5) is 10.7. The first kappa shape index (κ1) is 13.1. The molecule has 1 N–H and O–H groups in total. The zero-order valence-corrected chi connectivity index (χ0v) is 10.8. The van der Waals surface area contributed by atoms with Gasteiger partial charge < -0.3 is 5.11 Å². The molecule has 0 spiro atoms. The summed E-state index contributed by atoms with van der Waals surface area (Å²) in [6.45, 7) is 0. The molecule has 18 heavy (non-hydrogen) atoms. The standard InChI is InChI=1S/C14H10Cl2O2/c15-12-4-2-1-3-11(12)14(18)9-5-6-10(8-17)13(16)7-9/h1-8,14,18H. The van der Waals surface area contributed by atoms with E-state index in [-0.39, 0.29) is 0 Å². The maximum atomic E-state index is 10.7. The lowest BCUT2D eigenvalue weighted by Gasteiger charge is -2.13. The first-order valence-electron chi connectivity index (χ1n) is 5.30. The van der Waals surface area contributed by atoms with Crippen LogP contribution >= 0.6 is 23.2 Å². The Balaban J connectivity index is 2.40. The summed E-state index contributed by atoms with van der Waals surface area (Å²) < 4.78 is 0. The Morgan fingerprint density at radius 3 is 2.39 bits per heavy atom. The third kappa shape index (κ3) is 2.56. The highest BCUT2D eigenvalue weighted by molar-refractivity contribution is 6.33. The molecule has 0 bridgehead atoms. The summed E-state index contributed by atoms with van der Waals surface area (Å²) in [6, 6.07) is 11.8. The molecule has 2 aromatic rings. The van der Waals surface area contributed by atoms with Gasteiger partial charge in [-0.25, -0.2) is 0 Å². The van der Waals surface area contributed by atoms with Crippen molar-refractivity contribution in [3.05, 3.63) is 69.2 Å². The molecule has 0 aromatic heterocycles. The molecular weight excluding hydrogens is 271 g/mol. The molecule has 0 aliphatic carbocycles. The average Bonchev–Trinajstić information content (AvgIpc) is 2.38. The molecule has 1 atom stereocenters. The summed E-state index contributed by atoms with van der Waals surface area (Å²) in [6.07, 6.45) is -0.189. The van der Waals surface area contributed by atoms with Gasteiger partial charge >= 0.3 is 0 Å². The van der Waals surface area contributed by atoms with E-state index in [1.165, 1.54) is 0 Å². The zero-order valence-electron chi connectivity index (χ0n) is 9.31. The smallest absolute Gasteiger partial charge is 0.151 e. The number of halogens is 2. The topological polar surface area (TPSA) is 37.3 Å². The predicted molar refractivity (Wildman–Crippen MR) is 72.4 cm³/mol. The van der Waals surface area contributed by atoms with Crippen molar-refractivity contribution in [3.8, 4) is 0 Å². The lowest BCUT2D eigenvalue weighted by Crippen LogP contribution is -2.01. The van der Waals surface area contributed by atoms with Crippen molar-refractivity contribution in [2.24, 2.45) is 0 Å². The molecule has 0 fully saturated rings. The number of hydrogen-bond acceptors (Lipinski definition) is 2. The van der Waals surface area contributed by atoms with Crippen molar-refractivity contribution in [1.29, 1.82) is 0 Å². The number of aldehydes is 1. The summed E-state index contributed by atoms with van der Waals surface area (Å²) in [5.41, 5.74) is 1.60. The quantitative estimate of drug-likeness (QED) is 0.867. The maximum absolute atomic E-state index is 10.7. The zero-order chi connectivity index (χ0) is 13.1. The van der Waals surface area contributed by atoms with Crippen molar-refractivity contribution in [3.63, 3.8) is 0 Å². The first-order chi connectivity index (χ1) is 8.63. The van der Waals surface area contributed by atoms with Crippen LogP contribution in [0, 0.1) is 0 Å². The molecule has 0 saturated carbocycles. The van der Waals surface area contributed by atoms with Crippen molar-refractivity contribution in [2.45, 2.75) is 6.10 Å². The third-order valence-electron chi connectivity index (χ3n) is 2.67. The fourth-order valence-electron chi connectivity index (χ4n) is 1.69. The van der Waals surface area contributed by atoms with Crippen LogP contribution in [0.3, 0.4) is 0 Å². The Labute approximate surface area is 115 Å². The van der Waals surface area contributed by atoms with Crippen LogP contribution in [-0.2, 0) is 0 Å². The lowest BCUT2D eigenvalue weighted by molar-refractivity contribution is 0.112. The normalized spacial score (nSPS) is 12.2. The lowest BCUT2D eigenvalue weighted by atomic mass is 10.0. The summed E-state index contributed by atoms with van der Waals surface area (Å²) >= 11 is 11.9. The van der Waals surface area contributed by atoms with E-state index in [0.717, 1.165) is 0 Å². The largest absolute Gasteiger partial charge is 0.384 e. The first-order valence-corrected chi connectivity index (χ1v) is 6.06. The molecule has 1 unspecified atom stereocenters. The summed E-state index contributed by atoms with van der Waals surface area (Å²) in [5.74, 6) is 0. The van der Waals surface area contributed by atoms with Gasteiger partial charge in [-0.2, -0.15) is 0 Å². The number of rotatable bonds is 3. The second-order valence-electron chi connectivity index (χ2n) is 3.82. The van der Waals surface area contributed by atoms with E-state index in [0.29, 0.717) is 33.0 Å². The van der Waals surface area contributed by atoms with E-state index < -0.39 is 6.10 Å². The Hall–Kier alpha value is -1.35. The predicted octanol–water partition coefficient (Wildman–Crippen LogP) is 3.89. The van der Waals surface area contributed by atoms with Crippen LogP contribution < -0.4 is 0 Å². The Morgan fingerprint density at radius 2 is 1.78 bits per heavy atom. The molecule has 0 aliphatic rings. The highest BCUT2D eigenvalue weighted by Gasteiger charge is 2.14. The molecule has 2 nitrogen and oxygen atoms in total. The van der Waals surface area contributed by atoms with Gasteiger partial charge in [-0.3, -0.25) is 4.79 Å². The average molecular weight is 281 g/mol. The van der Waals surface area contributed by atoms with Gasteiger partial charge in [0.15, 0.2) is 6.29 Å². The fraction of sp³-hybridized carbons (Fsp3) is 0.0714. The van der Waals surface area contributed by atoms with E-state index in [1.54, 1.807) is 42.5 Å². The minimum atomic E-state index is -0.864. The van der Waals surface area contributed by atoms with Gasteiger partial charge in [-0.1, -0.05) is 47.5 Å². The van der Waals surface area contributed by atoms with Crippen LogP contribution in [-0.4, -0.2) is 11.4 Å². The van der Waals surface area contributed by atoms with E-state index in [2.05, 4.69) is 0 Å². The Kier molecular flexibility index (Phi) is 4.02. The van der Waals surface area contributed by atoms with E-state index in [1.807, 2.05) is 0 Å². The molecule has 0 amide bonds. The van der Waals surface area contributed by atoms with E-state index in [9.17, 15) is 9.90 Å². The van der Waals surface area contributed by atoms with Gasteiger partial charge in [0.1, 0.15) is 6.10 Å². The molecule has 0 saturated heterocycles. The second kappa shape index (κ2) is 5.53.